The van der Waals surface area contributed by atoms with Gasteiger partial charge in [-0.25, -0.2) is 0 Å². The molecule has 0 radical (unpaired) electrons. The fourth-order valence-electron chi connectivity index (χ4n) is 2.13. The number of hydrogen-bond acceptors (Lipinski definition) is 4. The molecule has 2 aromatic rings. The lowest BCUT2D eigenvalue weighted by Gasteiger charge is -2.10. The molecule has 0 bridgehead atoms. The van der Waals surface area contributed by atoms with Gasteiger partial charge >= 0.3 is 0 Å². The third-order valence-electron chi connectivity index (χ3n) is 3.25. The molecule has 2 rings (SSSR count). The zero-order chi connectivity index (χ0) is 16.8. The molecule has 0 unspecified atom stereocenters. The predicted octanol–water partition coefficient (Wildman–Crippen LogP) is 3.34. The van der Waals surface area contributed by atoms with Crippen LogP contribution in [0.25, 0.3) is 0 Å². The summed E-state index contributed by atoms with van der Waals surface area (Å²) < 4.78 is 5.25. The van der Waals surface area contributed by atoms with Gasteiger partial charge < -0.3 is 15.2 Å². The molecule has 0 heterocycles. The molecule has 0 atom stereocenters. The Hall–Kier alpha value is -2.60. The number of benzene rings is 2. The van der Waals surface area contributed by atoms with E-state index in [9.17, 15) is 5.11 Å². The van der Waals surface area contributed by atoms with Gasteiger partial charge in [0.25, 0.3) is 0 Å². The SMILES string of the molecule is COc1ccccc1NC(=S)N/N=C/c1cc(C)c(O)c(C)c1. The maximum Gasteiger partial charge on any atom is 0.191 e. The molecule has 0 aliphatic heterocycles. The van der Waals surface area contributed by atoms with E-state index >= 15 is 0 Å². The molecule has 2 aromatic carbocycles. The first kappa shape index (κ1) is 16.8. The zero-order valence-electron chi connectivity index (χ0n) is 13.3. The molecule has 3 N–H and O–H groups in total. The fourth-order valence-corrected chi connectivity index (χ4v) is 2.29. The Balaban J connectivity index is 1.99. The average Bonchev–Trinajstić information content (AvgIpc) is 2.53. The highest BCUT2D eigenvalue weighted by Gasteiger charge is 2.03. The van der Waals surface area contributed by atoms with E-state index in [1.54, 1.807) is 13.3 Å². The van der Waals surface area contributed by atoms with Crippen molar-refractivity contribution in [3.05, 3.63) is 53.1 Å². The van der Waals surface area contributed by atoms with Crippen LogP contribution in [0.1, 0.15) is 16.7 Å². The van der Waals surface area contributed by atoms with Gasteiger partial charge in [0.05, 0.1) is 19.0 Å². The van der Waals surface area contributed by atoms with Crippen molar-refractivity contribution in [3.63, 3.8) is 0 Å². The Morgan fingerprint density at radius 3 is 2.52 bits per heavy atom. The number of hydrazone groups is 1. The number of phenolic OH excluding ortho intramolecular Hbond substituents is 1. The summed E-state index contributed by atoms with van der Waals surface area (Å²) in [7, 11) is 1.60. The van der Waals surface area contributed by atoms with Crippen molar-refractivity contribution in [1.29, 1.82) is 0 Å². The molecule has 0 saturated heterocycles. The number of aryl methyl sites for hydroxylation is 2. The molecular formula is C17H19N3O2S. The van der Waals surface area contributed by atoms with Gasteiger partial charge in [0.2, 0.25) is 0 Å². The van der Waals surface area contributed by atoms with Crippen LogP contribution in [0.15, 0.2) is 41.5 Å². The van der Waals surface area contributed by atoms with Gasteiger partial charge in [-0.2, -0.15) is 5.10 Å². The number of para-hydroxylation sites is 2. The summed E-state index contributed by atoms with van der Waals surface area (Å²) in [6.07, 6.45) is 1.65. The summed E-state index contributed by atoms with van der Waals surface area (Å²) in [5.74, 6) is 1.01. The minimum atomic E-state index is 0.309. The van der Waals surface area contributed by atoms with E-state index in [2.05, 4.69) is 15.8 Å². The molecule has 0 amide bonds. The molecular weight excluding hydrogens is 310 g/mol. The third kappa shape index (κ3) is 4.43. The number of hydrogen-bond donors (Lipinski definition) is 3. The molecule has 0 aliphatic carbocycles. The second-order valence-electron chi connectivity index (χ2n) is 5.03. The van der Waals surface area contributed by atoms with E-state index in [0.29, 0.717) is 16.6 Å². The van der Waals surface area contributed by atoms with Crippen molar-refractivity contribution in [2.24, 2.45) is 5.10 Å². The Bertz CT molecular complexity index is 721. The second-order valence-corrected chi connectivity index (χ2v) is 5.44. The minimum absolute atomic E-state index is 0.309. The van der Waals surface area contributed by atoms with E-state index in [1.165, 1.54) is 0 Å². The van der Waals surface area contributed by atoms with Crippen LogP contribution in [0.4, 0.5) is 5.69 Å². The number of phenols is 1. The molecule has 120 valence electrons. The van der Waals surface area contributed by atoms with Crippen LogP contribution in [0.5, 0.6) is 11.5 Å². The number of ether oxygens (including phenoxy) is 1. The standard InChI is InChI=1S/C17H19N3O2S/c1-11-8-13(9-12(2)16(11)21)10-18-20-17(23)19-14-6-4-5-7-15(14)22-3/h4-10,21H,1-3H3,(H2,19,20,23)/b18-10+. The van der Waals surface area contributed by atoms with Crippen molar-refractivity contribution >= 4 is 29.2 Å². The summed E-state index contributed by atoms with van der Waals surface area (Å²) in [6.45, 7) is 3.70. The summed E-state index contributed by atoms with van der Waals surface area (Å²) in [5.41, 5.74) is 6.01. The van der Waals surface area contributed by atoms with Gasteiger partial charge in [-0.3, -0.25) is 5.43 Å². The Morgan fingerprint density at radius 1 is 1.22 bits per heavy atom. The highest BCUT2D eigenvalue weighted by molar-refractivity contribution is 7.80. The van der Waals surface area contributed by atoms with Crippen molar-refractivity contribution in [3.8, 4) is 11.5 Å². The molecule has 23 heavy (non-hydrogen) atoms. The Kier molecular flexibility index (Phi) is 5.54. The van der Waals surface area contributed by atoms with E-state index < -0.39 is 0 Å². The lowest BCUT2D eigenvalue weighted by atomic mass is 10.1. The van der Waals surface area contributed by atoms with Crippen molar-refractivity contribution in [1.82, 2.24) is 5.43 Å². The molecule has 0 spiro atoms. The van der Waals surface area contributed by atoms with Gasteiger partial charge in [-0.15, -0.1) is 0 Å². The van der Waals surface area contributed by atoms with E-state index in [-0.39, 0.29) is 0 Å². The van der Waals surface area contributed by atoms with E-state index in [0.717, 1.165) is 22.4 Å². The van der Waals surface area contributed by atoms with Gasteiger partial charge in [-0.05, 0) is 67.0 Å². The molecule has 6 heteroatoms. The molecule has 0 saturated carbocycles. The number of methoxy groups -OCH3 is 1. The topological polar surface area (TPSA) is 65.9 Å². The Morgan fingerprint density at radius 2 is 1.87 bits per heavy atom. The van der Waals surface area contributed by atoms with Crippen LogP contribution in [0.3, 0.4) is 0 Å². The highest BCUT2D eigenvalue weighted by atomic mass is 32.1. The average molecular weight is 329 g/mol. The largest absolute Gasteiger partial charge is 0.507 e. The Labute approximate surface area is 141 Å². The second kappa shape index (κ2) is 7.60. The quantitative estimate of drug-likeness (QED) is 0.456. The number of nitrogens with one attached hydrogen (secondary N) is 2. The number of rotatable bonds is 4. The van der Waals surface area contributed by atoms with E-state index in [4.69, 9.17) is 17.0 Å². The molecule has 0 fully saturated rings. The fraction of sp³-hybridized carbons (Fsp3) is 0.176. The molecule has 0 aromatic heterocycles. The normalized spacial score (nSPS) is 10.6. The number of nitrogens with zero attached hydrogens (tertiary/aromatic N) is 1. The van der Waals surface area contributed by atoms with Crippen LogP contribution < -0.4 is 15.5 Å². The van der Waals surface area contributed by atoms with E-state index in [1.807, 2.05) is 50.2 Å². The monoisotopic (exact) mass is 329 g/mol. The summed E-state index contributed by atoms with van der Waals surface area (Å²) in [5, 5.41) is 17.2. The number of aromatic hydroxyl groups is 1. The summed E-state index contributed by atoms with van der Waals surface area (Å²) in [6, 6.07) is 11.2. The number of anilines is 1. The molecule has 0 aliphatic rings. The van der Waals surface area contributed by atoms with Gasteiger partial charge in [0, 0.05) is 0 Å². The molecule has 5 nitrogen and oxygen atoms in total. The van der Waals surface area contributed by atoms with Gasteiger partial charge in [0.1, 0.15) is 11.5 Å². The first-order valence-corrected chi connectivity index (χ1v) is 7.45. The first-order valence-electron chi connectivity index (χ1n) is 7.04. The van der Waals surface area contributed by atoms with Gasteiger partial charge in [-0.1, -0.05) is 12.1 Å². The van der Waals surface area contributed by atoms with Crippen LogP contribution in [-0.2, 0) is 0 Å². The van der Waals surface area contributed by atoms with Crippen LogP contribution in [0, 0.1) is 13.8 Å². The van der Waals surface area contributed by atoms with Crippen molar-refractivity contribution in [2.45, 2.75) is 13.8 Å². The first-order chi connectivity index (χ1) is 11.0. The summed E-state index contributed by atoms with van der Waals surface area (Å²) in [4.78, 5) is 0. The highest BCUT2D eigenvalue weighted by Crippen LogP contribution is 2.23. The predicted molar refractivity (Wildman–Crippen MR) is 97.5 cm³/mol. The smallest absolute Gasteiger partial charge is 0.191 e. The van der Waals surface area contributed by atoms with Crippen molar-refractivity contribution < 1.29 is 9.84 Å². The van der Waals surface area contributed by atoms with Crippen LogP contribution in [0.2, 0.25) is 0 Å². The van der Waals surface area contributed by atoms with Crippen LogP contribution >= 0.6 is 12.2 Å². The van der Waals surface area contributed by atoms with Crippen molar-refractivity contribution in [2.75, 3.05) is 12.4 Å². The number of thiocarbonyl (C=S) groups is 1. The third-order valence-corrected chi connectivity index (χ3v) is 3.44. The lowest BCUT2D eigenvalue weighted by Crippen LogP contribution is -2.24. The minimum Gasteiger partial charge on any atom is -0.507 e. The maximum absolute atomic E-state index is 9.76. The summed E-state index contributed by atoms with van der Waals surface area (Å²) >= 11 is 5.20. The zero-order valence-corrected chi connectivity index (χ0v) is 14.1. The van der Waals surface area contributed by atoms with Crippen LogP contribution in [-0.4, -0.2) is 23.5 Å². The lowest BCUT2D eigenvalue weighted by molar-refractivity contribution is 0.417. The maximum atomic E-state index is 9.76. The van der Waals surface area contributed by atoms with Gasteiger partial charge in [0.15, 0.2) is 5.11 Å².